The standard InChI is InChI=1S/C24H35N5O/c1-6-18(2)23(25-13-10-14-27(4)5)22-16-21-15-19(3)26-29(21)24(30)28(22)17-20-11-8-7-9-12-20/h7-9,11-12,15-16,18,23,25H,6,10,13-14,17H2,1-5H3/t18-,23-/m0/s1. The second-order valence-corrected chi connectivity index (χ2v) is 8.52. The smallest absolute Gasteiger partial charge is 0.309 e. The predicted octanol–water partition coefficient (Wildman–Crippen LogP) is 3.48. The molecule has 0 aliphatic heterocycles. The summed E-state index contributed by atoms with van der Waals surface area (Å²) in [6.07, 6.45) is 2.10. The third kappa shape index (κ3) is 5.18. The van der Waals surface area contributed by atoms with E-state index in [9.17, 15) is 4.79 Å². The van der Waals surface area contributed by atoms with Gasteiger partial charge >= 0.3 is 5.69 Å². The molecular weight excluding hydrogens is 374 g/mol. The van der Waals surface area contributed by atoms with Crippen LogP contribution in [0.3, 0.4) is 0 Å². The molecule has 0 amide bonds. The Morgan fingerprint density at radius 1 is 1.17 bits per heavy atom. The number of hydrogen-bond acceptors (Lipinski definition) is 4. The Labute approximate surface area is 179 Å². The maximum Gasteiger partial charge on any atom is 0.349 e. The van der Waals surface area contributed by atoms with Crippen molar-refractivity contribution in [2.45, 2.75) is 46.2 Å². The molecule has 2 aromatic heterocycles. The molecule has 1 aromatic carbocycles. The lowest BCUT2D eigenvalue weighted by molar-refractivity contribution is 0.336. The number of rotatable bonds is 10. The topological polar surface area (TPSA) is 54.6 Å². The van der Waals surface area contributed by atoms with Gasteiger partial charge in [0, 0.05) is 5.69 Å². The quantitative estimate of drug-likeness (QED) is 0.521. The highest BCUT2D eigenvalue weighted by Crippen LogP contribution is 2.25. The Morgan fingerprint density at radius 2 is 1.90 bits per heavy atom. The van der Waals surface area contributed by atoms with Crippen LogP contribution in [0.1, 0.15) is 49.7 Å². The van der Waals surface area contributed by atoms with Crippen molar-refractivity contribution in [3.05, 3.63) is 69.9 Å². The summed E-state index contributed by atoms with van der Waals surface area (Å²) in [6.45, 7) is 8.89. The van der Waals surface area contributed by atoms with Crippen LogP contribution in [0.25, 0.3) is 5.52 Å². The Morgan fingerprint density at radius 3 is 2.57 bits per heavy atom. The van der Waals surface area contributed by atoms with Crippen molar-refractivity contribution in [2.75, 3.05) is 27.2 Å². The highest BCUT2D eigenvalue weighted by Gasteiger charge is 2.23. The van der Waals surface area contributed by atoms with Gasteiger partial charge in [-0.05, 0) is 64.1 Å². The number of nitrogens with zero attached hydrogens (tertiary/aromatic N) is 4. The monoisotopic (exact) mass is 409 g/mol. The summed E-state index contributed by atoms with van der Waals surface area (Å²) < 4.78 is 3.42. The molecule has 0 aliphatic rings. The van der Waals surface area contributed by atoms with Gasteiger partial charge in [-0.2, -0.15) is 9.61 Å². The van der Waals surface area contributed by atoms with E-state index in [-0.39, 0.29) is 11.7 Å². The fourth-order valence-electron chi connectivity index (χ4n) is 3.90. The number of nitrogens with one attached hydrogen (secondary N) is 1. The molecule has 2 heterocycles. The van der Waals surface area contributed by atoms with E-state index in [0.29, 0.717) is 12.5 Å². The van der Waals surface area contributed by atoms with Crippen molar-refractivity contribution in [1.29, 1.82) is 0 Å². The lowest BCUT2D eigenvalue weighted by Crippen LogP contribution is -2.37. The average Bonchev–Trinajstić information content (AvgIpc) is 3.11. The van der Waals surface area contributed by atoms with Gasteiger partial charge in [0.15, 0.2) is 0 Å². The molecule has 0 aliphatic carbocycles. The van der Waals surface area contributed by atoms with Crippen LogP contribution in [-0.4, -0.2) is 46.3 Å². The van der Waals surface area contributed by atoms with Gasteiger partial charge in [-0.1, -0.05) is 50.6 Å². The third-order valence-electron chi connectivity index (χ3n) is 5.74. The van der Waals surface area contributed by atoms with Crippen LogP contribution in [0.15, 0.2) is 47.3 Å². The van der Waals surface area contributed by atoms with Crippen LogP contribution in [0.4, 0.5) is 0 Å². The third-order valence-corrected chi connectivity index (χ3v) is 5.74. The fourth-order valence-corrected chi connectivity index (χ4v) is 3.90. The number of aromatic nitrogens is 3. The zero-order chi connectivity index (χ0) is 21.7. The van der Waals surface area contributed by atoms with E-state index in [2.05, 4.69) is 61.5 Å². The molecule has 0 bridgehead atoms. The van der Waals surface area contributed by atoms with Gasteiger partial charge in [0.25, 0.3) is 0 Å². The number of benzene rings is 1. The first-order chi connectivity index (χ1) is 14.4. The van der Waals surface area contributed by atoms with Crippen molar-refractivity contribution < 1.29 is 0 Å². The molecule has 0 saturated heterocycles. The Hall–Kier alpha value is -2.44. The number of fused-ring (bicyclic) bond motifs is 1. The van der Waals surface area contributed by atoms with Gasteiger partial charge in [0.05, 0.1) is 23.8 Å². The van der Waals surface area contributed by atoms with Crippen molar-refractivity contribution >= 4 is 5.52 Å². The normalized spacial score (nSPS) is 13.8. The van der Waals surface area contributed by atoms with E-state index in [0.717, 1.165) is 48.4 Å². The summed E-state index contributed by atoms with van der Waals surface area (Å²) in [5.74, 6) is 0.400. The summed E-state index contributed by atoms with van der Waals surface area (Å²) in [7, 11) is 4.19. The second kappa shape index (κ2) is 10.0. The van der Waals surface area contributed by atoms with E-state index in [4.69, 9.17) is 0 Å². The summed E-state index contributed by atoms with van der Waals surface area (Å²) in [6, 6.07) is 14.4. The minimum atomic E-state index is -0.0807. The largest absolute Gasteiger partial charge is 0.349 e. The lowest BCUT2D eigenvalue weighted by Gasteiger charge is -2.28. The van der Waals surface area contributed by atoms with E-state index in [1.54, 1.807) is 0 Å². The summed E-state index contributed by atoms with van der Waals surface area (Å²) in [5.41, 5.74) is 3.78. The SMILES string of the molecule is CC[C@H](C)[C@H](NCCCN(C)C)c1cc2cc(C)nn2c(=O)n1Cc1ccccc1. The summed E-state index contributed by atoms with van der Waals surface area (Å²) in [4.78, 5) is 15.6. The maximum absolute atomic E-state index is 13.4. The number of hydrogen-bond donors (Lipinski definition) is 1. The molecule has 0 radical (unpaired) electrons. The molecule has 0 saturated carbocycles. The highest BCUT2D eigenvalue weighted by molar-refractivity contribution is 5.48. The first-order valence-electron chi connectivity index (χ1n) is 10.9. The zero-order valence-electron chi connectivity index (χ0n) is 18.9. The van der Waals surface area contributed by atoms with Gasteiger partial charge in [0.1, 0.15) is 0 Å². The van der Waals surface area contributed by atoms with E-state index >= 15 is 0 Å². The fraction of sp³-hybridized carbons (Fsp3) is 0.500. The van der Waals surface area contributed by atoms with Crippen molar-refractivity contribution in [1.82, 2.24) is 24.4 Å². The molecule has 0 fully saturated rings. The van der Waals surface area contributed by atoms with E-state index < -0.39 is 0 Å². The summed E-state index contributed by atoms with van der Waals surface area (Å²) in [5, 5.41) is 8.18. The molecule has 0 unspecified atom stereocenters. The van der Waals surface area contributed by atoms with Gasteiger partial charge in [-0.3, -0.25) is 4.57 Å². The van der Waals surface area contributed by atoms with Crippen molar-refractivity contribution in [3.63, 3.8) is 0 Å². The minimum absolute atomic E-state index is 0.0807. The molecule has 6 heteroatoms. The summed E-state index contributed by atoms with van der Waals surface area (Å²) >= 11 is 0. The van der Waals surface area contributed by atoms with Gasteiger partial charge in [-0.25, -0.2) is 4.79 Å². The van der Waals surface area contributed by atoms with Gasteiger partial charge < -0.3 is 10.2 Å². The van der Waals surface area contributed by atoms with Crippen LogP contribution < -0.4 is 11.0 Å². The van der Waals surface area contributed by atoms with Crippen LogP contribution in [0, 0.1) is 12.8 Å². The molecule has 2 atom stereocenters. The van der Waals surface area contributed by atoms with E-state index in [1.807, 2.05) is 35.8 Å². The molecule has 3 rings (SSSR count). The van der Waals surface area contributed by atoms with Crippen molar-refractivity contribution in [3.8, 4) is 0 Å². The van der Waals surface area contributed by atoms with Crippen LogP contribution in [0.5, 0.6) is 0 Å². The van der Waals surface area contributed by atoms with Crippen molar-refractivity contribution in [2.24, 2.45) is 5.92 Å². The van der Waals surface area contributed by atoms with Crippen LogP contribution in [0.2, 0.25) is 0 Å². The van der Waals surface area contributed by atoms with Crippen LogP contribution >= 0.6 is 0 Å². The molecule has 0 spiro atoms. The molecule has 30 heavy (non-hydrogen) atoms. The van der Waals surface area contributed by atoms with Crippen LogP contribution in [-0.2, 0) is 6.54 Å². The lowest BCUT2D eigenvalue weighted by atomic mass is 9.95. The first kappa shape index (κ1) is 22.2. The van der Waals surface area contributed by atoms with E-state index in [1.165, 1.54) is 4.52 Å². The zero-order valence-corrected chi connectivity index (χ0v) is 18.9. The maximum atomic E-state index is 13.4. The average molecular weight is 410 g/mol. The number of aryl methyl sites for hydroxylation is 1. The molecule has 162 valence electrons. The molecule has 3 aromatic rings. The highest BCUT2D eigenvalue weighted by atomic mass is 16.2. The molecular formula is C24H35N5O. The molecule has 1 N–H and O–H groups in total. The molecule has 6 nitrogen and oxygen atoms in total. The predicted molar refractivity (Wildman–Crippen MR) is 123 cm³/mol. The first-order valence-corrected chi connectivity index (χ1v) is 10.9. The van der Waals surface area contributed by atoms with Gasteiger partial charge in [0.2, 0.25) is 0 Å². The Kier molecular flexibility index (Phi) is 7.45. The minimum Gasteiger partial charge on any atom is -0.309 e. The Balaban J connectivity index is 2.04. The second-order valence-electron chi connectivity index (χ2n) is 8.52. The Bertz CT molecular complexity index is 1010. The van der Waals surface area contributed by atoms with Gasteiger partial charge in [-0.15, -0.1) is 0 Å².